The highest BCUT2D eigenvalue weighted by atomic mass is 17.0. The molecule has 0 heterocycles. The van der Waals surface area contributed by atoms with E-state index >= 15 is 0 Å². The topological polar surface area (TPSA) is 80.9 Å². The summed E-state index contributed by atoms with van der Waals surface area (Å²) in [6.45, 7) is -0.149. The number of rotatable bonds is 1. The minimum atomic E-state index is -0.889. The lowest BCUT2D eigenvalue weighted by molar-refractivity contribution is -0.176. The SMILES string of the molecule is OCC1(O)C=CCC1.OO. The predicted octanol–water partition coefficient (Wildman–Crippen LogP) is 0.0772. The monoisotopic (exact) mass is 148 g/mol. The van der Waals surface area contributed by atoms with Crippen LogP contribution in [-0.4, -0.2) is 32.9 Å². The van der Waals surface area contributed by atoms with Crippen molar-refractivity contribution in [2.75, 3.05) is 6.61 Å². The Hall–Kier alpha value is -0.420. The fourth-order valence-electron chi connectivity index (χ4n) is 0.851. The molecule has 60 valence electrons. The first-order chi connectivity index (χ1) is 4.77. The van der Waals surface area contributed by atoms with Crippen LogP contribution in [0.2, 0.25) is 0 Å². The summed E-state index contributed by atoms with van der Waals surface area (Å²) in [5.74, 6) is 0. The lowest BCUT2D eigenvalue weighted by Gasteiger charge is -2.15. The molecule has 0 bridgehead atoms. The van der Waals surface area contributed by atoms with E-state index in [0.29, 0.717) is 6.42 Å². The first-order valence-electron chi connectivity index (χ1n) is 2.98. The fourth-order valence-corrected chi connectivity index (χ4v) is 0.851. The van der Waals surface area contributed by atoms with E-state index in [4.69, 9.17) is 20.7 Å². The van der Waals surface area contributed by atoms with E-state index in [2.05, 4.69) is 0 Å². The van der Waals surface area contributed by atoms with Gasteiger partial charge in [-0.1, -0.05) is 12.2 Å². The van der Waals surface area contributed by atoms with Crippen molar-refractivity contribution in [2.24, 2.45) is 0 Å². The molecule has 1 aliphatic rings. The molecule has 1 atom stereocenters. The summed E-state index contributed by atoms with van der Waals surface area (Å²) in [6.07, 6.45) is 5.10. The van der Waals surface area contributed by atoms with Crippen LogP contribution in [0.3, 0.4) is 0 Å². The Labute approximate surface area is 59.0 Å². The molecule has 4 N–H and O–H groups in total. The van der Waals surface area contributed by atoms with Gasteiger partial charge in [0.1, 0.15) is 5.60 Å². The molecule has 0 aromatic heterocycles. The zero-order valence-corrected chi connectivity index (χ0v) is 5.56. The Bertz CT molecular complexity index is 112. The Morgan fingerprint density at radius 3 is 2.20 bits per heavy atom. The summed E-state index contributed by atoms with van der Waals surface area (Å²) in [4.78, 5) is 0. The summed E-state index contributed by atoms with van der Waals surface area (Å²) in [6, 6.07) is 0. The van der Waals surface area contributed by atoms with Crippen molar-refractivity contribution in [3.63, 3.8) is 0 Å². The minimum Gasteiger partial charge on any atom is -0.393 e. The van der Waals surface area contributed by atoms with Crippen molar-refractivity contribution in [3.8, 4) is 0 Å². The average Bonchev–Trinajstić information content (AvgIpc) is 2.42. The van der Waals surface area contributed by atoms with E-state index in [1.807, 2.05) is 6.08 Å². The van der Waals surface area contributed by atoms with Gasteiger partial charge in [0.05, 0.1) is 6.61 Å². The predicted molar refractivity (Wildman–Crippen MR) is 35.7 cm³/mol. The largest absolute Gasteiger partial charge is 0.393 e. The molecule has 0 amide bonds. The standard InChI is InChI=1S/C6H10O2.H2O2/c7-5-6(8)3-1-2-4-6;1-2/h1,3,7-8H,2,4-5H2;1-2H. The van der Waals surface area contributed by atoms with Crippen LogP contribution >= 0.6 is 0 Å². The highest BCUT2D eigenvalue weighted by Gasteiger charge is 2.24. The molecule has 4 nitrogen and oxygen atoms in total. The van der Waals surface area contributed by atoms with Crippen LogP contribution in [0.5, 0.6) is 0 Å². The van der Waals surface area contributed by atoms with Crippen molar-refractivity contribution in [2.45, 2.75) is 18.4 Å². The number of hydrogen-bond acceptors (Lipinski definition) is 4. The molecular formula is C6H12O4. The van der Waals surface area contributed by atoms with Gasteiger partial charge in [0.2, 0.25) is 0 Å². The quantitative estimate of drug-likeness (QED) is 0.241. The molecule has 1 aliphatic carbocycles. The van der Waals surface area contributed by atoms with Gasteiger partial charge < -0.3 is 10.2 Å². The second-order valence-electron chi connectivity index (χ2n) is 2.20. The second kappa shape index (κ2) is 4.40. The van der Waals surface area contributed by atoms with Gasteiger partial charge in [0.15, 0.2) is 0 Å². The van der Waals surface area contributed by atoms with Crippen LogP contribution in [0, 0.1) is 0 Å². The summed E-state index contributed by atoms with van der Waals surface area (Å²) >= 11 is 0. The van der Waals surface area contributed by atoms with Crippen LogP contribution in [0.25, 0.3) is 0 Å². The first kappa shape index (κ1) is 9.58. The van der Waals surface area contributed by atoms with E-state index < -0.39 is 5.60 Å². The number of hydrogen-bond donors (Lipinski definition) is 4. The first-order valence-corrected chi connectivity index (χ1v) is 2.98. The Morgan fingerprint density at radius 1 is 1.40 bits per heavy atom. The molecule has 4 heteroatoms. The maximum atomic E-state index is 9.16. The van der Waals surface area contributed by atoms with Gasteiger partial charge in [-0.05, 0) is 12.8 Å². The molecule has 0 fully saturated rings. The number of aliphatic hydroxyl groups is 2. The molecular weight excluding hydrogens is 136 g/mol. The van der Waals surface area contributed by atoms with E-state index in [0.717, 1.165) is 6.42 Å². The third kappa shape index (κ3) is 2.45. The Kier molecular flexibility index (Phi) is 4.22. The zero-order chi connectivity index (χ0) is 8.04. The highest BCUT2D eigenvalue weighted by molar-refractivity contribution is 5.07. The summed E-state index contributed by atoms with van der Waals surface area (Å²) in [7, 11) is 0. The molecule has 1 unspecified atom stereocenters. The van der Waals surface area contributed by atoms with Gasteiger partial charge in [-0.15, -0.1) is 0 Å². The van der Waals surface area contributed by atoms with Crippen molar-refractivity contribution < 1.29 is 20.7 Å². The van der Waals surface area contributed by atoms with Crippen LogP contribution in [-0.2, 0) is 0 Å². The third-order valence-corrected chi connectivity index (χ3v) is 1.45. The summed E-state index contributed by atoms with van der Waals surface area (Å²) in [5.41, 5.74) is -0.889. The van der Waals surface area contributed by atoms with Gasteiger partial charge in [0.25, 0.3) is 0 Å². The molecule has 0 saturated heterocycles. The van der Waals surface area contributed by atoms with E-state index in [9.17, 15) is 0 Å². The molecule has 0 aromatic carbocycles. The summed E-state index contributed by atoms with van der Waals surface area (Å²) < 4.78 is 0. The smallest absolute Gasteiger partial charge is 0.106 e. The van der Waals surface area contributed by atoms with Gasteiger partial charge in [-0.2, -0.15) is 0 Å². The van der Waals surface area contributed by atoms with Gasteiger partial charge in [-0.3, -0.25) is 10.5 Å². The minimum absolute atomic E-state index is 0.149. The van der Waals surface area contributed by atoms with Crippen LogP contribution < -0.4 is 0 Å². The van der Waals surface area contributed by atoms with Gasteiger partial charge >= 0.3 is 0 Å². The van der Waals surface area contributed by atoms with Crippen molar-refractivity contribution in [3.05, 3.63) is 12.2 Å². The molecule has 0 radical (unpaired) electrons. The third-order valence-electron chi connectivity index (χ3n) is 1.45. The summed E-state index contributed by atoms with van der Waals surface area (Å²) in [5, 5.41) is 29.7. The maximum absolute atomic E-state index is 9.16. The molecule has 1 rings (SSSR count). The lowest BCUT2D eigenvalue weighted by Crippen LogP contribution is -2.27. The van der Waals surface area contributed by atoms with Crippen molar-refractivity contribution in [1.82, 2.24) is 0 Å². The number of aliphatic hydroxyl groups excluding tert-OH is 1. The van der Waals surface area contributed by atoms with E-state index in [1.54, 1.807) is 6.08 Å². The van der Waals surface area contributed by atoms with Crippen molar-refractivity contribution in [1.29, 1.82) is 0 Å². The molecule has 0 saturated carbocycles. The lowest BCUT2D eigenvalue weighted by atomic mass is 10.1. The Balaban J connectivity index is 0.000000371. The van der Waals surface area contributed by atoms with Crippen molar-refractivity contribution >= 4 is 0 Å². The average molecular weight is 148 g/mol. The van der Waals surface area contributed by atoms with Crippen LogP contribution in [0.4, 0.5) is 0 Å². The molecule has 0 aliphatic heterocycles. The van der Waals surface area contributed by atoms with Crippen LogP contribution in [0.15, 0.2) is 12.2 Å². The maximum Gasteiger partial charge on any atom is 0.106 e. The van der Waals surface area contributed by atoms with E-state index in [-0.39, 0.29) is 6.61 Å². The van der Waals surface area contributed by atoms with Gasteiger partial charge in [-0.25, -0.2) is 0 Å². The fraction of sp³-hybridized carbons (Fsp3) is 0.667. The Morgan fingerprint density at radius 2 is 2.00 bits per heavy atom. The second-order valence-corrected chi connectivity index (χ2v) is 2.20. The molecule has 0 spiro atoms. The molecule has 0 aromatic rings. The van der Waals surface area contributed by atoms with E-state index in [1.165, 1.54) is 0 Å². The zero-order valence-electron chi connectivity index (χ0n) is 5.56. The normalized spacial score (nSPS) is 29.6. The molecule has 10 heavy (non-hydrogen) atoms. The number of allylic oxidation sites excluding steroid dienone is 1. The van der Waals surface area contributed by atoms with Crippen LogP contribution in [0.1, 0.15) is 12.8 Å². The highest BCUT2D eigenvalue weighted by Crippen LogP contribution is 2.20. The van der Waals surface area contributed by atoms with Gasteiger partial charge in [0, 0.05) is 0 Å².